The molecule has 0 bridgehead atoms. The molecular weight excluding hydrogens is 387 g/mol. The Labute approximate surface area is 170 Å². The van der Waals surface area contributed by atoms with Crippen LogP contribution >= 0.6 is 23.2 Å². The average Bonchev–Trinajstić information content (AvgIpc) is 2.64. The molecule has 0 aromatic heterocycles. The molecule has 0 fully saturated rings. The Bertz CT molecular complexity index is 799. The molecule has 7 heteroatoms. The first-order valence-corrected chi connectivity index (χ1v) is 9.49. The number of anilines is 1. The van der Waals surface area contributed by atoms with Crippen LogP contribution < -0.4 is 19.7 Å². The monoisotopic (exact) mass is 411 g/mol. The highest BCUT2D eigenvalue weighted by Crippen LogP contribution is 2.28. The summed E-state index contributed by atoms with van der Waals surface area (Å²) in [5.41, 5.74) is 1.60. The van der Waals surface area contributed by atoms with Crippen molar-refractivity contribution in [3.8, 4) is 11.5 Å². The molecule has 0 radical (unpaired) electrons. The van der Waals surface area contributed by atoms with Gasteiger partial charge in [-0.05, 0) is 50.2 Å². The highest BCUT2D eigenvalue weighted by molar-refractivity contribution is 6.36. The van der Waals surface area contributed by atoms with Gasteiger partial charge in [0.05, 0.1) is 31.5 Å². The molecule has 1 amide bonds. The summed E-state index contributed by atoms with van der Waals surface area (Å²) in [6.45, 7) is 5.04. The third-order valence-corrected chi connectivity index (χ3v) is 4.88. The van der Waals surface area contributed by atoms with Crippen LogP contribution in [0.25, 0.3) is 0 Å². The number of amides is 1. The van der Waals surface area contributed by atoms with E-state index in [0.29, 0.717) is 40.4 Å². The summed E-state index contributed by atoms with van der Waals surface area (Å²) in [7, 11) is 3.58. The van der Waals surface area contributed by atoms with Crippen LogP contribution in [0.4, 0.5) is 5.69 Å². The van der Waals surface area contributed by atoms with E-state index in [1.165, 1.54) is 0 Å². The van der Waals surface area contributed by atoms with Gasteiger partial charge in [0.1, 0.15) is 6.54 Å². The van der Waals surface area contributed by atoms with Crippen LogP contribution in [-0.2, 0) is 11.3 Å². The van der Waals surface area contributed by atoms with E-state index in [2.05, 4.69) is 5.32 Å². The molecule has 27 heavy (non-hydrogen) atoms. The van der Waals surface area contributed by atoms with E-state index in [9.17, 15) is 4.79 Å². The maximum atomic E-state index is 12.6. The second kappa shape index (κ2) is 9.83. The number of hydrogen-bond acceptors (Lipinski definition) is 3. The average molecular weight is 412 g/mol. The number of methoxy groups -OCH3 is 1. The Morgan fingerprint density at radius 2 is 1.93 bits per heavy atom. The van der Waals surface area contributed by atoms with Gasteiger partial charge in [-0.3, -0.25) is 4.79 Å². The molecule has 0 aliphatic carbocycles. The lowest BCUT2D eigenvalue weighted by Crippen LogP contribution is -3.12. The molecule has 1 unspecified atom stereocenters. The van der Waals surface area contributed by atoms with Crippen molar-refractivity contribution in [3.63, 3.8) is 0 Å². The lowest BCUT2D eigenvalue weighted by Gasteiger charge is -2.22. The van der Waals surface area contributed by atoms with Crippen molar-refractivity contribution in [1.82, 2.24) is 0 Å². The number of nitrogens with one attached hydrogen (secondary N) is 2. The van der Waals surface area contributed by atoms with Gasteiger partial charge in [0, 0.05) is 10.6 Å². The molecule has 0 saturated carbocycles. The van der Waals surface area contributed by atoms with Crippen molar-refractivity contribution >= 4 is 34.8 Å². The smallest absolute Gasteiger partial charge is 0.282 e. The van der Waals surface area contributed by atoms with Gasteiger partial charge in [-0.25, -0.2) is 0 Å². The van der Waals surface area contributed by atoms with E-state index in [0.717, 1.165) is 10.5 Å². The number of hydrogen-bond donors (Lipinski definition) is 2. The molecule has 2 atom stereocenters. The number of halogens is 2. The van der Waals surface area contributed by atoms with Crippen LogP contribution in [0.5, 0.6) is 11.5 Å². The van der Waals surface area contributed by atoms with Crippen molar-refractivity contribution in [2.75, 3.05) is 26.1 Å². The second-order valence-corrected chi connectivity index (χ2v) is 7.12. The molecule has 2 rings (SSSR count). The van der Waals surface area contributed by atoms with Gasteiger partial charge in [-0.1, -0.05) is 23.2 Å². The normalized spacial score (nSPS) is 13.0. The van der Waals surface area contributed by atoms with Gasteiger partial charge in [0.15, 0.2) is 17.5 Å². The highest BCUT2D eigenvalue weighted by Gasteiger charge is 2.23. The number of likely N-dealkylation sites (N-methyl/N-ethyl adjacent to an activating group) is 1. The van der Waals surface area contributed by atoms with Gasteiger partial charge in [-0.15, -0.1) is 0 Å². The maximum absolute atomic E-state index is 12.6. The summed E-state index contributed by atoms with van der Waals surface area (Å²) in [5, 5.41) is 3.80. The maximum Gasteiger partial charge on any atom is 0.282 e. The third kappa shape index (κ3) is 5.76. The quantitative estimate of drug-likeness (QED) is 0.699. The Morgan fingerprint density at radius 3 is 2.56 bits per heavy atom. The highest BCUT2D eigenvalue weighted by atomic mass is 35.5. The molecule has 2 N–H and O–H groups in total. The Morgan fingerprint density at radius 1 is 1.19 bits per heavy atom. The lowest BCUT2D eigenvalue weighted by molar-refractivity contribution is -0.907. The van der Waals surface area contributed by atoms with E-state index in [1.54, 1.807) is 25.3 Å². The van der Waals surface area contributed by atoms with Crippen LogP contribution in [-0.4, -0.2) is 32.7 Å². The number of rotatable bonds is 8. The van der Waals surface area contributed by atoms with Crippen LogP contribution in [0.15, 0.2) is 36.4 Å². The van der Waals surface area contributed by atoms with Crippen molar-refractivity contribution in [1.29, 1.82) is 0 Å². The minimum Gasteiger partial charge on any atom is -0.493 e. The van der Waals surface area contributed by atoms with Crippen LogP contribution in [0.1, 0.15) is 19.4 Å². The van der Waals surface area contributed by atoms with E-state index < -0.39 is 0 Å². The van der Waals surface area contributed by atoms with Gasteiger partial charge in [-0.2, -0.15) is 0 Å². The van der Waals surface area contributed by atoms with Crippen molar-refractivity contribution < 1.29 is 19.2 Å². The Hall–Kier alpha value is -1.95. The van der Waals surface area contributed by atoms with Crippen LogP contribution in [0, 0.1) is 0 Å². The largest absolute Gasteiger partial charge is 0.493 e. The number of quaternary nitrogens is 1. The molecule has 0 spiro atoms. The molecule has 0 aliphatic rings. The molecule has 5 nitrogen and oxygen atoms in total. The SMILES string of the molecule is CCOc1ccc(C[NH+](C)[C@H](C)C(=O)Nc2ccc(Cl)cc2Cl)cc1OC. The minimum absolute atomic E-state index is 0.116. The molecule has 0 aliphatic heterocycles. The van der Waals surface area contributed by atoms with E-state index in [1.807, 2.05) is 39.1 Å². The van der Waals surface area contributed by atoms with Crippen molar-refractivity contribution in [3.05, 3.63) is 52.0 Å². The number of carbonyl (C=O) groups is 1. The molecule has 0 heterocycles. The van der Waals surface area contributed by atoms with Gasteiger partial charge < -0.3 is 19.7 Å². The number of carbonyl (C=O) groups excluding carboxylic acids is 1. The summed E-state index contributed by atoms with van der Waals surface area (Å²) >= 11 is 12.0. The summed E-state index contributed by atoms with van der Waals surface area (Å²) < 4.78 is 10.9. The first-order chi connectivity index (χ1) is 12.8. The zero-order valence-electron chi connectivity index (χ0n) is 15.9. The minimum atomic E-state index is -0.283. The fraction of sp³-hybridized carbons (Fsp3) is 0.350. The predicted molar refractivity (Wildman–Crippen MR) is 109 cm³/mol. The zero-order chi connectivity index (χ0) is 20.0. The molecule has 2 aromatic carbocycles. The summed E-state index contributed by atoms with van der Waals surface area (Å²) in [5.74, 6) is 1.28. The Kier molecular flexibility index (Phi) is 7.78. The molecule has 146 valence electrons. The van der Waals surface area contributed by atoms with Gasteiger partial charge in [0.25, 0.3) is 5.91 Å². The number of benzene rings is 2. The fourth-order valence-electron chi connectivity index (χ4n) is 2.63. The standard InChI is InChI=1S/C20H24Cl2N2O3/c1-5-27-18-9-6-14(10-19(18)26-4)12-24(3)13(2)20(25)23-17-8-7-15(21)11-16(17)22/h6-11,13H,5,12H2,1-4H3,(H,23,25)/p+1/t13-/m1/s1. The lowest BCUT2D eigenvalue weighted by atomic mass is 10.1. The van der Waals surface area contributed by atoms with Gasteiger partial charge in [0.2, 0.25) is 0 Å². The predicted octanol–water partition coefficient (Wildman–Crippen LogP) is 3.44. The van der Waals surface area contributed by atoms with Crippen molar-refractivity contribution in [2.24, 2.45) is 0 Å². The summed E-state index contributed by atoms with van der Waals surface area (Å²) in [6.07, 6.45) is 0. The summed E-state index contributed by atoms with van der Waals surface area (Å²) in [6, 6.07) is 10.5. The summed E-state index contributed by atoms with van der Waals surface area (Å²) in [4.78, 5) is 13.6. The van der Waals surface area contributed by atoms with E-state index in [4.69, 9.17) is 32.7 Å². The number of ether oxygens (including phenoxy) is 2. The third-order valence-electron chi connectivity index (χ3n) is 4.33. The fourth-order valence-corrected chi connectivity index (χ4v) is 3.08. The topological polar surface area (TPSA) is 52.0 Å². The Balaban J connectivity index is 2.04. The van der Waals surface area contributed by atoms with E-state index in [-0.39, 0.29) is 11.9 Å². The van der Waals surface area contributed by atoms with Crippen molar-refractivity contribution in [2.45, 2.75) is 26.4 Å². The molecule has 0 saturated heterocycles. The van der Waals surface area contributed by atoms with Crippen LogP contribution in [0.2, 0.25) is 10.0 Å². The first kappa shape index (κ1) is 21.4. The van der Waals surface area contributed by atoms with Crippen LogP contribution in [0.3, 0.4) is 0 Å². The molecular formula is C20H25Cl2N2O3+. The van der Waals surface area contributed by atoms with E-state index >= 15 is 0 Å². The zero-order valence-corrected chi connectivity index (χ0v) is 17.4. The van der Waals surface area contributed by atoms with Gasteiger partial charge >= 0.3 is 0 Å². The first-order valence-electron chi connectivity index (χ1n) is 8.73. The molecule has 2 aromatic rings. The second-order valence-electron chi connectivity index (χ2n) is 6.28.